The van der Waals surface area contributed by atoms with Crippen molar-refractivity contribution in [1.29, 1.82) is 0 Å². The van der Waals surface area contributed by atoms with Crippen molar-refractivity contribution in [2.24, 2.45) is 0 Å². The zero-order valence-electron chi connectivity index (χ0n) is 12.9. The van der Waals surface area contributed by atoms with Crippen LogP contribution < -0.4 is 4.90 Å². The SMILES string of the molecule is Cc1cn(C=C2C(=O)N(C)c3ccc(F)cc32)c(C)c1C(=O)Cl. The molecule has 2 heterocycles. The smallest absolute Gasteiger partial charge is 0.260 e. The summed E-state index contributed by atoms with van der Waals surface area (Å²) in [7, 11) is 1.64. The summed E-state index contributed by atoms with van der Waals surface area (Å²) < 4.78 is 15.2. The largest absolute Gasteiger partial charge is 0.326 e. The number of nitrogens with zero attached hydrogens (tertiary/aromatic N) is 2. The molecule has 1 aromatic heterocycles. The number of likely N-dealkylation sites (N-methyl/N-ethyl adjacent to an activating group) is 1. The number of halogens is 2. The number of amides is 1. The van der Waals surface area contributed by atoms with Crippen molar-refractivity contribution >= 4 is 40.2 Å². The van der Waals surface area contributed by atoms with Crippen LogP contribution in [0.1, 0.15) is 27.2 Å². The maximum absolute atomic E-state index is 13.6. The van der Waals surface area contributed by atoms with E-state index in [0.717, 1.165) is 5.56 Å². The number of benzene rings is 1. The topological polar surface area (TPSA) is 42.3 Å². The second-order valence-corrected chi connectivity index (χ2v) is 5.87. The van der Waals surface area contributed by atoms with E-state index in [1.165, 1.54) is 17.0 Å². The number of aromatic nitrogens is 1. The summed E-state index contributed by atoms with van der Waals surface area (Å²) in [6, 6.07) is 4.23. The first-order valence-electron chi connectivity index (χ1n) is 6.99. The number of aryl methyl sites for hydroxylation is 1. The molecular weight excluding hydrogens is 319 g/mol. The fourth-order valence-corrected chi connectivity index (χ4v) is 3.19. The first-order valence-corrected chi connectivity index (χ1v) is 7.36. The molecular formula is C17H14ClFN2O2. The molecule has 0 aliphatic carbocycles. The van der Waals surface area contributed by atoms with Crippen molar-refractivity contribution < 1.29 is 14.0 Å². The van der Waals surface area contributed by atoms with Gasteiger partial charge in [-0.25, -0.2) is 4.39 Å². The molecule has 0 radical (unpaired) electrons. The third kappa shape index (κ3) is 2.37. The van der Waals surface area contributed by atoms with Gasteiger partial charge in [-0.05, 0) is 49.2 Å². The zero-order chi connectivity index (χ0) is 16.9. The molecule has 6 heteroatoms. The summed E-state index contributed by atoms with van der Waals surface area (Å²) in [4.78, 5) is 25.4. The van der Waals surface area contributed by atoms with Crippen LogP contribution in [-0.2, 0) is 4.79 Å². The van der Waals surface area contributed by atoms with Crippen molar-refractivity contribution in [2.45, 2.75) is 13.8 Å². The average molecular weight is 333 g/mol. The van der Waals surface area contributed by atoms with E-state index in [0.29, 0.717) is 28.1 Å². The molecule has 0 unspecified atom stereocenters. The Labute approximate surface area is 137 Å². The molecule has 1 aliphatic heterocycles. The lowest BCUT2D eigenvalue weighted by Gasteiger charge is -2.08. The highest BCUT2D eigenvalue weighted by Crippen LogP contribution is 2.37. The molecule has 0 saturated carbocycles. The van der Waals surface area contributed by atoms with E-state index in [2.05, 4.69) is 0 Å². The molecule has 1 aliphatic rings. The summed E-state index contributed by atoms with van der Waals surface area (Å²) in [5.74, 6) is -0.634. The molecule has 118 valence electrons. The number of carbonyl (C=O) groups is 2. The molecule has 0 spiro atoms. The summed E-state index contributed by atoms with van der Waals surface area (Å²) in [5.41, 5.74) is 3.32. The number of hydrogen-bond donors (Lipinski definition) is 0. The van der Waals surface area contributed by atoms with Crippen LogP contribution in [0.4, 0.5) is 10.1 Å². The maximum Gasteiger partial charge on any atom is 0.260 e. The second-order valence-electron chi connectivity index (χ2n) is 5.52. The van der Waals surface area contributed by atoms with Gasteiger partial charge in [0.25, 0.3) is 11.1 Å². The van der Waals surface area contributed by atoms with Gasteiger partial charge in [0.2, 0.25) is 0 Å². The van der Waals surface area contributed by atoms with Crippen LogP contribution in [0.25, 0.3) is 11.8 Å². The standard InChI is InChI=1S/C17H14ClFN2O2/c1-9-7-21(10(2)15(9)16(18)22)8-13-12-6-11(19)4-5-14(12)20(3)17(13)23/h4-8H,1-3H3. The van der Waals surface area contributed by atoms with Crippen molar-refractivity contribution in [3.63, 3.8) is 0 Å². The molecule has 0 saturated heterocycles. The van der Waals surface area contributed by atoms with Gasteiger partial charge in [0.1, 0.15) is 5.82 Å². The Kier molecular flexibility index (Phi) is 3.60. The minimum Gasteiger partial charge on any atom is -0.326 e. The van der Waals surface area contributed by atoms with E-state index >= 15 is 0 Å². The lowest BCUT2D eigenvalue weighted by Crippen LogP contribution is -2.20. The lowest BCUT2D eigenvalue weighted by atomic mass is 10.1. The molecule has 0 atom stereocenters. The average Bonchev–Trinajstić information content (AvgIpc) is 2.88. The molecule has 23 heavy (non-hydrogen) atoms. The van der Waals surface area contributed by atoms with Crippen molar-refractivity contribution in [2.75, 3.05) is 11.9 Å². The van der Waals surface area contributed by atoms with Gasteiger partial charge in [-0.1, -0.05) is 0 Å². The van der Waals surface area contributed by atoms with Crippen molar-refractivity contribution in [1.82, 2.24) is 4.57 Å². The molecule has 0 bridgehead atoms. The molecule has 0 fully saturated rings. The predicted molar refractivity (Wildman–Crippen MR) is 88.1 cm³/mol. The number of rotatable bonds is 2. The zero-order valence-corrected chi connectivity index (χ0v) is 13.6. The second kappa shape index (κ2) is 5.35. The fourth-order valence-electron chi connectivity index (χ4n) is 2.90. The summed E-state index contributed by atoms with van der Waals surface area (Å²) in [5, 5.41) is -0.543. The van der Waals surface area contributed by atoms with Crippen LogP contribution in [0, 0.1) is 19.7 Å². The fraction of sp³-hybridized carbons (Fsp3) is 0.176. The molecule has 0 N–H and O–H groups in total. The monoisotopic (exact) mass is 332 g/mol. The third-order valence-corrected chi connectivity index (χ3v) is 4.28. The summed E-state index contributed by atoms with van der Waals surface area (Å²) >= 11 is 5.60. The van der Waals surface area contributed by atoms with Gasteiger partial charge in [-0.15, -0.1) is 0 Å². The van der Waals surface area contributed by atoms with Crippen LogP contribution in [0.5, 0.6) is 0 Å². The Bertz CT molecular complexity index is 883. The minimum atomic E-state index is -0.543. The number of carbonyl (C=O) groups excluding carboxylic acids is 2. The number of hydrogen-bond acceptors (Lipinski definition) is 2. The molecule has 1 amide bonds. The minimum absolute atomic E-state index is 0.227. The first-order chi connectivity index (χ1) is 10.8. The number of fused-ring (bicyclic) bond motifs is 1. The van der Waals surface area contributed by atoms with Crippen LogP contribution in [0.3, 0.4) is 0 Å². The van der Waals surface area contributed by atoms with Gasteiger partial charge in [0.05, 0.1) is 16.8 Å². The Balaban J connectivity index is 2.18. The number of anilines is 1. The van der Waals surface area contributed by atoms with Gasteiger partial charge in [-0.3, -0.25) is 9.59 Å². The van der Waals surface area contributed by atoms with Crippen LogP contribution in [0.2, 0.25) is 0 Å². The van der Waals surface area contributed by atoms with E-state index in [1.807, 2.05) is 0 Å². The van der Waals surface area contributed by atoms with Crippen molar-refractivity contribution in [3.8, 4) is 0 Å². The Hall–Kier alpha value is -2.40. The van der Waals surface area contributed by atoms with Gasteiger partial charge in [0.15, 0.2) is 0 Å². The Morgan fingerprint density at radius 3 is 2.61 bits per heavy atom. The normalized spacial score (nSPS) is 15.4. The van der Waals surface area contributed by atoms with Gasteiger partial charge in [-0.2, -0.15) is 0 Å². The summed E-state index contributed by atoms with van der Waals surface area (Å²) in [6.07, 6.45) is 3.33. The van der Waals surface area contributed by atoms with Gasteiger partial charge in [0, 0.05) is 30.7 Å². The molecule has 1 aromatic carbocycles. The van der Waals surface area contributed by atoms with Crippen LogP contribution in [0.15, 0.2) is 24.4 Å². The quantitative estimate of drug-likeness (QED) is 0.623. The van der Waals surface area contributed by atoms with E-state index in [1.54, 1.807) is 43.9 Å². The maximum atomic E-state index is 13.6. The molecule has 3 rings (SSSR count). The van der Waals surface area contributed by atoms with E-state index in [9.17, 15) is 14.0 Å². The van der Waals surface area contributed by atoms with Crippen LogP contribution in [-0.4, -0.2) is 22.8 Å². The highest BCUT2D eigenvalue weighted by Gasteiger charge is 2.30. The van der Waals surface area contributed by atoms with Crippen molar-refractivity contribution in [3.05, 3.63) is 52.6 Å². The van der Waals surface area contributed by atoms with Crippen LogP contribution >= 0.6 is 11.6 Å². The molecule has 2 aromatic rings. The van der Waals surface area contributed by atoms with E-state index in [-0.39, 0.29) is 5.91 Å². The van der Waals surface area contributed by atoms with Gasteiger partial charge >= 0.3 is 0 Å². The predicted octanol–water partition coefficient (Wildman–Crippen LogP) is 3.60. The third-order valence-electron chi connectivity index (χ3n) is 4.09. The highest BCUT2D eigenvalue weighted by atomic mass is 35.5. The lowest BCUT2D eigenvalue weighted by molar-refractivity contribution is -0.112. The Morgan fingerprint density at radius 1 is 1.30 bits per heavy atom. The first kappa shape index (κ1) is 15.5. The van der Waals surface area contributed by atoms with Gasteiger partial charge < -0.3 is 9.47 Å². The molecule has 4 nitrogen and oxygen atoms in total. The van der Waals surface area contributed by atoms with E-state index < -0.39 is 11.1 Å². The summed E-state index contributed by atoms with van der Waals surface area (Å²) in [6.45, 7) is 3.52. The highest BCUT2D eigenvalue weighted by molar-refractivity contribution is 6.68. The Morgan fingerprint density at radius 2 is 2.00 bits per heavy atom. The van der Waals surface area contributed by atoms with E-state index in [4.69, 9.17) is 11.6 Å².